The fourth-order valence-electron chi connectivity index (χ4n) is 3.19. The third-order valence-corrected chi connectivity index (χ3v) is 4.77. The van der Waals surface area contributed by atoms with E-state index >= 15 is 0 Å². The van der Waals surface area contributed by atoms with E-state index in [1.807, 2.05) is 32.0 Å². The normalized spacial score (nSPS) is 13.3. The maximum atomic E-state index is 12.6. The third-order valence-electron chi connectivity index (χ3n) is 4.77. The number of aryl methyl sites for hydroxylation is 2. The molecule has 0 radical (unpaired) electrons. The van der Waals surface area contributed by atoms with Gasteiger partial charge in [-0.15, -0.1) is 0 Å². The van der Waals surface area contributed by atoms with Crippen LogP contribution in [0.4, 0.5) is 5.69 Å². The first-order valence-corrected chi connectivity index (χ1v) is 9.29. The van der Waals surface area contributed by atoms with Crippen LogP contribution in [0.25, 0.3) is 0 Å². The van der Waals surface area contributed by atoms with Crippen LogP contribution in [0.3, 0.4) is 0 Å². The van der Waals surface area contributed by atoms with Gasteiger partial charge in [0, 0.05) is 24.0 Å². The van der Waals surface area contributed by atoms with Gasteiger partial charge in [0.1, 0.15) is 5.56 Å². The number of hydrogen-bond acceptors (Lipinski definition) is 3. The Labute approximate surface area is 158 Å². The van der Waals surface area contributed by atoms with Gasteiger partial charge in [-0.25, -0.2) is 0 Å². The van der Waals surface area contributed by atoms with Crippen LogP contribution in [0, 0.1) is 13.8 Å². The lowest BCUT2D eigenvalue weighted by atomic mass is 10.1. The number of carbonyl (C=O) groups excluding carboxylic acids is 2. The van der Waals surface area contributed by atoms with Crippen LogP contribution < -0.4 is 16.2 Å². The zero-order valence-electron chi connectivity index (χ0n) is 16.0. The van der Waals surface area contributed by atoms with E-state index in [-0.39, 0.29) is 17.0 Å². The standard InChI is InChI=1S/C21H25N3O3/c1-4-24-14(3)11-13(2)19(21(24)27)20(26)23-17-7-5-15(6-8-17)12-18(25)22-16-9-10-16/h5-8,11,16H,4,9-10,12H2,1-3H3,(H,22,25)(H,23,26). The minimum Gasteiger partial charge on any atom is -0.353 e. The fourth-order valence-corrected chi connectivity index (χ4v) is 3.19. The molecule has 142 valence electrons. The van der Waals surface area contributed by atoms with Crippen molar-refractivity contribution in [1.82, 2.24) is 9.88 Å². The second-order valence-corrected chi connectivity index (χ2v) is 7.06. The van der Waals surface area contributed by atoms with Crippen LogP contribution >= 0.6 is 0 Å². The minimum atomic E-state index is -0.418. The maximum absolute atomic E-state index is 12.6. The highest BCUT2D eigenvalue weighted by atomic mass is 16.2. The van der Waals surface area contributed by atoms with Crippen molar-refractivity contribution < 1.29 is 9.59 Å². The van der Waals surface area contributed by atoms with Gasteiger partial charge in [0.15, 0.2) is 0 Å². The van der Waals surface area contributed by atoms with Crippen LogP contribution in [0.1, 0.15) is 46.9 Å². The number of nitrogens with one attached hydrogen (secondary N) is 2. The quantitative estimate of drug-likeness (QED) is 0.823. The molecule has 1 heterocycles. The minimum absolute atomic E-state index is 0.0182. The van der Waals surface area contributed by atoms with Gasteiger partial charge in [0.25, 0.3) is 11.5 Å². The van der Waals surface area contributed by atoms with Crippen molar-refractivity contribution in [2.75, 3.05) is 5.32 Å². The summed E-state index contributed by atoms with van der Waals surface area (Å²) < 4.78 is 1.59. The lowest BCUT2D eigenvalue weighted by Crippen LogP contribution is -2.31. The number of rotatable bonds is 6. The average Bonchev–Trinajstić information content (AvgIpc) is 3.40. The SMILES string of the molecule is CCn1c(C)cc(C)c(C(=O)Nc2ccc(CC(=O)NC3CC3)cc2)c1=O. The largest absolute Gasteiger partial charge is 0.353 e. The summed E-state index contributed by atoms with van der Waals surface area (Å²) in [6.07, 6.45) is 2.45. The van der Waals surface area contributed by atoms with Gasteiger partial charge in [-0.1, -0.05) is 12.1 Å². The molecule has 0 saturated heterocycles. The first-order valence-electron chi connectivity index (χ1n) is 9.29. The fraction of sp³-hybridized carbons (Fsp3) is 0.381. The Hall–Kier alpha value is -2.89. The van der Waals surface area contributed by atoms with Crippen molar-refractivity contribution in [3.8, 4) is 0 Å². The van der Waals surface area contributed by atoms with Gasteiger partial charge in [0.05, 0.1) is 6.42 Å². The third kappa shape index (κ3) is 4.45. The molecule has 0 bridgehead atoms. The van der Waals surface area contributed by atoms with E-state index < -0.39 is 5.91 Å². The molecular weight excluding hydrogens is 342 g/mol. The average molecular weight is 367 g/mol. The van der Waals surface area contributed by atoms with Gasteiger partial charge in [-0.05, 0) is 62.9 Å². The number of aromatic nitrogens is 1. The maximum Gasteiger partial charge on any atom is 0.263 e. The predicted octanol–water partition coefficient (Wildman–Crippen LogP) is 2.56. The molecule has 27 heavy (non-hydrogen) atoms. The molecule has 2 aromatic rings. The van der Waals surface area contributed by atoms with Crippen LogP contribution in [0.2, 0.25) is 0 Å². The van der Waals surface area contributed by atoms with Crippen molar-refractivity contribution in [3.63, 3.8) is 0 Å². The highest BCUT2D eigenvalue weighted by Gasteiger charge is 2.23. The first kappa shape index (κ1) is 18.9. The van der Waals surface area contributed by atoms with Gasteiger partial charge in [0.2, 0.25) is 5.91 Å². The van der Waals surface area contributed by atoms with E-state index in [4.69, 9.17) is 0 Å². The van der Waals surface area contributed by atoms with Crippen LogP contribution in [-0.2, 0) is 17.8 Å². The zero-order valence-corrected chi connectivity index (χ0v) is 16.0. The number of nitrogens with zero attached hydrogens (tertiary/aromatic N) is 1. The summed E-state index contributed by atoms with van der Waals surface area (Å²) in [5.41, 5.74) is 2.86. The van der Waals surface area contributed by atoms with Gasteiger partial charge in [-0.3, -0.25) is 14.4 Å². The molecule has 1 aromatic carbocycles. The Kier molecular flexibility index (Phi) is 5.44. The molecule has 0 unspecified atom stereocenters. The van der Waals surface area contributed by atoms with Crippen molar-refractivity contribution >= 4 is 17.5 Å². The highest BCUT2D eigenvalue weighted by molar-refractivity contribution is 6.05. The second kappa shape index (κ2) is 7.78. The monoisotopic (exact) mass is 367 g/mol. The van der Waals surface area contributed by atoms with Crippen molar-refractivity contribution in [3.05, 3.63) is 63.1 Å². The summed E-state index contributed by atoms with van der Waals surface area (Å²) in [5.74, 6) is -0.399. The van der Waals surface area contributed by atoms with Crippen LogP contribution in [0.15, 0.2) is 35.1 Å². The topological polar surface area (TPSA) is 80.2 Å². The van der Waals surface area contributed by atoms with Gasteiger partial charge in [-0.2, -0.15) is 0 Å². The summed E-state index contributed by atoms with van der Waals surface area (Å²) in [4.78, 5) is 37.1. The first-order chi connectivity index (χ1) is 12.9. The van der Waals surface area contributed by atoms with E-state index in [9.17, 15) is 14.4 Å². The van der Waals surface area contributed by atoms with E-state index in [2.05, 4.69) is 10.6 Å². The number of benzene rings is 1. The number of anilines is 1. The molecule has 1 aromatic heterocycles. The lowest BCUT2D eigenvalue weighted by Gasteiger charge is -2.13. The molecule has 1 fully saturated rings. The second-order valence-electron chi connectivity index (χ2n) is 7.06. The smallest absolute Gasteiger partial charge is 0.263 e. The predicted molar refractivity (Wildman–Crippen MR) is 105 cm³/mol. The molecule has 2 amide bonds. The van der Waals surface area contributed by atoms with Gasteiger partial charge < -0.3 is 15.2 Å². The van der Waals surface area contributed by atoms with Crippen LogP contribution in [-0.4, -0.2) is 22.4 Å². The van der Waals surface area contributed by atoms with E-state index in [0.717, 1.165) is 24.1 Å². The Morgan fingerprint density at radius 3 is 2.41 bits per heavy atom. The molecule has 1 saturated carbocycles. The molecule has 0 atom stereocenters. The summed E-state index contributed by atoms with van der Waals surface area (Å²) in [5, 5.41) is 5.73. The molecule has 3 rings (SSSR count). The summed E-state index contributed by atoms with van der Waals surface area (Å²) in [6, 6.07) is 9.32. The van der Waals surface area contributed by atoms with Crippen molar-refractivity contribution in [2.45, 2.75) is 52.6 Å². The Morgan fingerprint density at radius 1 is 1.15 bits per heavy atom. The lowest BCUT2D eigenvalue weighted by molar-refractivity contribution is -0.120. The molecule has 0 spiro atoms. The van der Waals surface area contributed by atoms with Gasteiger partial charge >= 0.3 is 0 Å². The van der Waals surface area contributed by atoms with Crippen molar-refractivity contribution in [2.24, 2.45) is 0 Å². The van der Waals surface area contributed by atoms with Crippen LogP contribution in [0.5, 0.6) is 0 Å². The highest BCUT2D eigenvalue weighted by Crippen LogP contribution is 2.19. The summed E-state index contributed by atoms with van der Waals surface area (Å²) in [6.45, 7) is 6.02. The molecule has 2 N–H and O–H groups in total. The Balaban J connectivity index is 1.71. The number of hydrogen-bond donors (Lipinski definition) is 2. The van der Waals surface area contributed by atoms with E-state index in [0.29, 0.717) is 30.3 Å². The molecule has 6 heteroatoms. The molecule has 6 nitrogen and oxygen atoms in total. The summed E-state index contributed by atoms with van der Waals surface area (Å²) >= 11 is 0. The van der Waals surface area contributed by atoms with E-state index in [1.54, 1.807) is 23.6 Å². The van der Waals surface area contributed by atoms with Crippen molar-refractivity contribution in [1.29, 1.82) is 0 Å². The van der Waals surface area contributed by atoms with E-state index in [1.165, 1.54) is 0 Å². The number of amides is 2. The summed E-state index contributed by atoms with van der Waals surface area (Å²) in [7, 11) is 0. The Morgan fingerprint density at radius 2 is 1.81 bits per heavy atom. The molecule has 0 aliphatic heterocycles. The molecule has 1 aliphatic rings. The molecule has 1 aliphatic carbocycles. The zero-order chi connectivity index (χ0) is 19.6. The number of pyridine rings is 1. The molecular formula is C21H25N3O3. The Bertz CT molecular complexity index is 925. The number of carbonyl (C=O) groups is 2.